The van der Waals surface area contributed by atoms with Crippen LogP contribution in [0.3, 0.4) is 0 Å². The summed E-state index contributed by atoms with van der Waals surface area (Å²) in [5.74, 6) is 0.706. The van der Waals surface area contributed by atoms with E-state index in [4.69, 9.17) is 9.40 Å². The second kappa shape index (κ2) is 6.67. The minimum atomic E-state index is -0.0906. The quantitative estimate of drug-likeness (QED) is 0.473. The van der Waals surface area contributed by atoms with Crippen LogP contribution in [0.1, 0.15) is 34.4 Å². The van der Waals surface area contributed by atoms with E-state index >= 15 is 0 Å². The van der Waals surface area contributed by atoms with Crippen molar-refractivity contribution in [1.82, 2.24) is 9.88 Å². The van der Waals surface area contributed by atoms with Crippen LogP contribution in [0.5, 0.6) is 0 Å². The lowest BCUT2D eigenvalue weighted by atomic mass is 10.1. The van der Waals surface area contributed by atoms with Crippen LogP contribution in [0.25, 0.3) is 22.2 Å². The summed E-state index contributed by atoms with van der Waals surface area (Å²) in [5, 5.41) is 1.93. The standard InChI is InChI=1S/C22H18N2O2S/c25-22(20-9-5-13-27-20)24-12-4-8-18(24)21-23-17-14-16(10-11-19(17)26-21)15-6-2-1-3-7-15/h1-3,5-7,9-11,13-14,18H,4,8,12H2. The van der Waals surface area contributed by atoms with Gasteiger partial charge in [0, 0.05) is 6.54 Å². The van der Waals surface area contributed by atoms with E-state index in [0.29, 0.717) is 5.89 Å². The van der Waals surface area contributed by atoms with Crippen molar-refractivity contribution in [3.05, 3.63) is 76.8 Å². The molecule has 27 heavy (non-hydrogen) atoms. The number of fused-ring (bicyclic) bond motifs is 1. The molecular formula is C22H18N2O2S. The van der Waals surface area contributed by atoms with Crippen LogP contribution < -0.4 is 0 Å². The summed E-state index contributed by atoms with van der Waals surface area (Å²) in [7, 11) is 0. The number of benzene rings is 2. The number of carbonyl (C=O) groups excluding carboxylic acids is 1. The first kappa shape index (κ1) is 16.3. The maximum Gasteiger partial charge on any atom is 0.264 e. The lowest BCUT2D eigenvalue weighted by Gasteiger charge is -2.21. The van der Waals surface area contributed by atoms with Gasteiger partial charge in [0.2, 0.25) is 5.89 Å². The van der Waals surface area contributed by atoms with Gasteiger partial charge in [0.25, 0.3) is 5.91 Å². The maximum absolute atomic E-state index is 12.8. The zero-order valence-electron chi connectivity index (χ0n) is 14.7. The Balaban J connectivity index is 1.48. The van der Waals surface area contributed by atoms with Gasteiger partial charge < -0.3 is 9.32 Å². The van der Waals surface area contributed by atoms with Crippen LogP contribution in [0, 0.1) is 0 Å². The van der Waals surface area contributed by atoms with Crippen LogP contribution in [0.2, 0.25) is 0 Å². The third-order valence-electron chi connectivity index (χ3n) is 5.04. The Bertz CT molecular complexity index is 1090. The summed E-state index contributed by atoms with van der Waals surface area (Å²) >= 11 is 1.48. The molecule has 1 atom stereocenters. The monoisotopic (exact) mass is 374 g/mol. The molecule has 0 radical (unpaired) electrons. The fourth-order valence-electron chi connectivity index (χ4n) is 3.71. The number of thiophene rings is 1. The third kappa shape index (κ3) is 2.94. The predicted octanol–water partition coefficient (Wildman–Crippen LogP) is 5.53. The van der Waals surface area contributed by atoms with Crippen molar-refractivity contribution in [2.45, 2.75) is 18.9 Å². The van der Waals surface area contributed by atoms with Crippen LogP contribution in [0.15, 0.2) is 70.5 Å². The Kier molecular flexibility index (Phi) is 4.02. The second-order valence-electron chi connectivity index (χ2n) is 6.73. The Labute approximate surface area is 161 Å². The number of amides is 1. The van der Waals surface area contributed by atoms with Crippen LogP contribution >= 0.6 is 11.3 Å². The van der Waals surface area contributed by atoms with E-state index < -0.39 is 0 Å². The average molecular weight is 374 g/mol. The van der Waals surface area contributed by atoms with Crippen molar-refractivity contribution < 1.29 is 9.21 Å². The minimum absolute atomic E-state index is 0.0692. The molecule has 5 rings (SSSR count). The molecule has 134 valence electrons. The molecule has 0 spiro atoms. The fourth-order valence-corrected chi connectivity index (χ4v) is 4.39. The number of oxazole rings is 1. The lowest BCUT2D eigenvalue weighted by Crippen LogP contribution is -2.30. The Morgan fingerprint density at radius 3 is 2.78 bits per heavy atom. The predicted molar refractivity (Wildman–Crippen MR) is 107 cm³/mol. The van der Waals surface area contributed by atoms with Crippen molar-refractivity contribution in [3.63, 3.8) is 0 Å². The van der Waals surface area contributed by atoms with Gasteiger partial charge >= 0.3 is 0 Å². The number of hydrogen-bond acceptors (Lipinski definition) is 4. The van der Waals surface area contributed by atoms with E-state index in [0.717, 1.165) is 46.5 Å². The third-order valence-corrected chi connectivity index (χ3v) is 5.90. The highest BCUT2D eigenvalue weighted by atomic mass is 32.1. The van der Waals surface area contributed by atoms with Gasteiger partial charge in [0.05, 0.1) is 4.88 Å². The van der Waals surface area contributed by atoms with Gasteiger partial charge in [-0.05, 0) is 47.5 Å². The minimum Gasteiger partial charge on any atom is -0.438 e. The van der Waals surface area contributed by atoms with Crippen molar-refractivity contribution in [2.24, 2.45) is 0 Å². The molecule has 1 aliphatic rings. The highest BCUT2D eigenvalue weighted by Crippen LogP contribution is 2.35. The average Bonchev–Trinajstić information content (AvgIpc) is 3.47. The summed E-state index contributed by atoms with van der Waals surface area (Å²) in [6.45, 7) is 0.745. The second-order valence-corrected chi connectivity index (χ2v) is 7.68. The number of nitrogens with zero attached hydrogens (tertiary/aromatic N) is 2. The molecular weight excluding hydrogens is 356 g/mol. The van der Waals surface area contributed by atoms with Gasteiger partial charge in [-0.25, -0.2) is 4.98 Å². The number of likely N-dealkylation sites (tertiary alicyclic amines) is 1. The van der Waals surface area contributed by atoms with Crippen molar-refractivity contribution >= 4 is 28.3 Å². The van der Waals surface area contributed by atoms with E-state index in [9.17, 15) is 4.79 Å². The number of hydrogen-bond donors (Lipinski definition) is 0. The summed E-state index contributed by atoms with van der Waals surface area (Å²) < 4.78 is 6.04. The molecule has 2 aromatic heterocycles. The van der Waals surface area contributed by atoms with E-state index in [2.05, 4.69) is 24.3 Å². The summed E-state index contributed by atoms with van der Waals surface area (Å²) in [5.41, 5.74) is 3.86. The molecule has 0 bridgehead atoms. The molecule has 1 unspecified atom stereocenters. The van der Waals surface area contributed by atoms with E-state index in [1.165, 1.54) is 11.3 Å². The van der Waals surface area contributed by atoms with Crippen molar-refractivity contribution in [1.29, 1.82) is 0 Å². The van der Waals surface area contributed by atoms with Crippen molar-refractivity contribution in [2.75, 3.05) is 6.54 Å². The molecule has 4 nitrogen and oxygen atoms in total. The number of carbonyl (C=O) groups is 1. The Hall–Kier alpha value is -2.92. The smallest absolute Gasteiger partial charge is 0.264 e. The van der Waals surface area contributed by atoms with Gasteiger partial charge in [0.1, 0.15) is 11.6 Å². The Morgan fingerprint density at radius 2 is 1.96 bits per heavy atom. The molecule has 0 N–H and O–H groups in total. The normalized spacial score (nSPS) is 16.9. The van der Waals surface area contributed by atoms with E-state index in [1.807, 2.05) is 46.7 Å². The summed E-state index contributed by atoms with van der Waals surface area (Å²) in [6, 6.07) is 20.0. The molecule has 1 aliphatic heterocycles. The van der Waals surface area contributed by atoms with Crippen LogP contribution in [-0.2, 0) is 0 Å². The molecule has 3 heterocycles. The maximum atomic E-state index is 12.8. The zero-order chi connectivity index (χ0) is 18.2. The highest BCUT2D eigenvalue weighted by Gasteiger charge is 2.34. The van der Waals surface area contributed by atoms with Gasteiger partial charge in [0.15, 0.2) is 5.58 Å². The molecule has 1 fully saturated rings. The van der Waals surface area contributed by atoms with E-state index in [-0.39, 0.29) is 11.9 Å². The first-order valence-corrected chi connectivity index (χ1v) is 9.98. The summed E-state index contributed by atoms with van der Waals surface area (Å²) in [4.78, 5) is 20.2. The largest absolute Gasteiger partial charge is 0.438 e. The molecule has 1 saturated heterocycles. The first-order chi connectivity index (χ1) is 13.3. The van der Waals surface area contributed by atoms with Gasteiger partial charge in [-0.1, -0.05) is 42.5 Å². The molecule has 4 aromatic rings. The van der Waals surface area contributed by atoms with Gasteiger partial charge in [-0.3, -0.25) is 4.79 Å². The number of rotatable bonds is 3. The first-order valence-electron chi connectivity index (χ1n) is 9.10. The Morgan fingerprint density at radius 1 is 1.07 bits per heavy atom. The van der Waals surface area contributed by atoms with Crippen molar-refractivity contribution in [3.8, 4) is 11.1 Å². The zero-order valence-corrected chi connectivity index (χ0v) is 15.5. The SMILES string of the molecule is O=C(c1cccs1)N1CCCC1c1nc2cc(-c3ccccc3)ccc2o1. The molecule has 0 saturated carbocycles. The molecule has 0 aliphatic carbocycles. The fraction of sp³-hybridized carbons (Fsp3) is 0.182. The van der Waals surface area contributed by atoms with Gasteiger partial charge in [-0.2, -0.15) is 0 Å². The topological polar surface area (TPSA) is 46.3 Å². The lowest BCUT2D eigenvalue weighted by molar-refractivity contribution is 0.0722. The molecule has 1 amide bonds. The molecule has 5 heteroatoms. The number of aromatic nitrogens is 1. The van der Waals surface area contributed by atoms with Gasteiger partial charge in [-0.15, -0.1) is 11.3 Å². The van der Waals surface area contributed by atoms with Crippen LogP contribution in [0.4, 0.5) is 0 Å². The van der Waals surface area contributed by atoms with E-state index in [1.54, 1.807) is 0 Å². The highest BCUT2D eigenvalue weighted by molar-refractivity contribution is 7.12. The molecule has 2 aromatic carbocycles. The van der Waals surface area contributed by atoms with Crippen LogP contribution in [-0.4, -0.2) is 22.3 Å². The summed E-state index contributed by atoms with van der Waals surface area (Å²) in [6.07, 6.45) is 1.85.